The van der Waals surface area contributed by atoms with E-state index in [2.05, 4.69) is 34.6 Å². The lowest BCUT2D eigenvalue weighted by Gasteiger charge is -2.30. The summed E-state index contributed by atoms with van der Waals surface area (Å²) >= 11 is 0. The lowest BCUT2D eigenvalue weighted by Crippen LogP contribution is -2.41. The van der Waals surface area contributed by atoms with Crippen LogP contribution in [0, 0.1) is 0 Å². The summed E-state index contributed by atoms with van der Waals surface area (Å²) in [5.74, 6) is 0.334. The van der Waals surface area contributed by atoms with Gasteiger partial charge in [-0.1, -0.05) is 71.1 Å². The zero-order valence-corrected chi connectivity index (χ0v) is 16.0. The van der Waals surface area contributed by atoms with Crippen molar-refractivity contribution in [3.05, 3.63) is 0 Å². The molecule has 0 saturated heterocycles. The van der Waals surface area contributed by atoms with E-state index in [1.54, 1.807) is 0 Å². The molecule has 0 bridgehead atoms. The molecule has 0 N–H and O–H groups in total. The number of nitrogens with zero attached hydrogens (tertiary/aromatic N) is 1. The molecule has 0 heterocycles. The van der Waals surface area contributed by atoms with Crippen LogP contribution in [0.15, 0.2) is 0 Å². The minimum atomic E-state index is 0.320. The third kappa shape index (κ3) is 11.1. The fourth-order valence-electron chi connectivity index (χ4n) is 3.24. The van der Waals surface area contributed by atoms with Gasteiger partial charge in [-0.15, -0.1) is 0 Å². The van der Waals surface area contributed by atoms with Crippen molar-refractivity contribution in [3.8, 4) is 0 Å². The van der Waals surface area contributed by atoms with E-state index in [-0.39, 0.29) is 0 Å². The first-order valence-corrected chi connectivity index (χ1v) is 9.81. The van der Waals surface area contributed by atoms with Crippen LogP contribution < -0.4 is 0 Å². The first-order valence-electron chi connectivity index (χ1n) is 9.81. The molecule has 0 saturated carbocycles. The fourth-order valence-corrected chi connectivity index (χ4v) is 3.24. The molecule has 0 aromatic carbocycles. The molecule has 0 atom stereocenters. The van der Waals surface area contributed by atoms with Gasteiger partial charge in [-0.05, 0) is 34.1 Å². The highest BCUT2D eigenvalue weighted by molar-refractivity contribution is 5.76. The largest absolute Gasteiger partial charge is 0.338 e. The zero-order chi connectivity index (χ0) is 16.8. The summed E-state index contributed by atoms with van der Waals surface area (Å²) in [4.78, 5) is 14.2. The molecule has 0 aromatic rings. The van der Waals surface area contributed by atoms with E-state index >= 15 is 0 Å². The molecule has 0 fully saturated rings. The van der Waals surface area contributed by atoms with Crippen LogP contribution in [0.25, 0.3) is 0 Å². The van der Waals surface area contributed by atoms with E-state index in [1.165, 1.54) is 64.2 Å². The summed E-state index contributed by atoms with van der Waals surface area (Å²) in [7, 11) is 0. The predicted molar refractivity (Wildman–Crippen MR) is 98.2 cm³/mol. The van der Waals surface area contributed by atoms with Crippen molar-refractivity contribution in [1.82, 2.24) is 4.90 Å². The summed E-state index contributed by atoms with van der Waals surface area (Å²) < 4.78 is 0. The lowest BCUT2D eigenvalue weighted by molar-refractivity contribution is -0.134. The van der Waals surface area contributed by atoms with Gasteiger partial charge in [0.1, 0.15) is 0 Å². The number of carbonyl (C=O) groups is 1. The zero-order valence-electron chi connectivity index (χ0n) is 16.0. The van der Waals surface area contributed by atoms with Crippen molar-refractivity contribution < 1.29 is 4.79 Å². The Morgan fingerprint density at radius 2 is 1.05 bits per heavy atom. The van der Waals surface area contributed by atoms with Crippen LogP contribution in [0.5, 0.6) is 0 Å². The smallest absolute Gasteiger partial charge is 0.223 e. The van der Waals surface area contributed by atoms with Crippen LogP contribution in [0.1, 0.15) is 112 Å². The normalized spacial score (nSPS) is 11.4. The minimum absolute atomic E-state index is 0.320. The fraction of sp³-hybridized carbons (Fsp3) is 0.950. The Bertz CT molecular complexity index is 252. The molecule has 2 heteroatoms. The third-order valence-electron chi connectivity index (χ3n) is 4.39. The highest BCUT2D eigenvalue weighted by Gasteiger charge is 2.18. The van der Waals surface area contributed by atoms with Crippen molar-refractivity contribution in [1.29, 1.82) is 0 Å². The predicted octanol–water partition coefficient (Wildman–Crippen LogP) is 6.33. The Kier molecular flexibility index (Phi) is 13.7. The van der Waals surface area contributed by atoms with E-state index in [4.69, 9.17) is 0 Å². The Labute approximate surface area is 140 Å². The SMILES string of the molecule is CCCCCCCCCCCCCC(=O)N(C(C)C)C(C)C. The average molecular weight is 312 g/mol. The molecule has 0 aliphatic carbocycles. The minimum Gasteiger partial charge on any atom is -0.338 e. The molecule has 0 aliphatic heterocycles. The number of unbranched alkanes of at least 4 members (excludes halogenated alkanes) is 10. The Morgan fingerprint density at radius 1 is 0.682 bits per heavy atom. The second-order valence-corrected chi connectivity index (χ2v) is 7.27. The third-order valence-corrected chi connectivity index (χ3v) is 4.39. The summed E-state index contributed by atoms with van der Waals surface area (Å²) in [6.45, 7) is 10.7. The molecule has 0 radical (unpaired) electrons. The van der Waals surface area contributed by atoms with Gasteiger partial charge in [0.25, 0.3) is 0 Å². The number of amides is 1. The van der Waals surface area contributed by atoms with Crippen molar-refractivity contribution in [2.24, 2.45) is 0 Å². The van der Waals surface area contributed by atoms with Gasteiger partial charge in [0.15, 0.2) is 0 Å². The maximum Gasteiger partial charge on any atom is 0.223 e. The van der Waals surface area contributed by atoms with Crippen LogP contribution >= 0.6 is 0 Å². The Balaban J connectivity index is 3.47. The topological polar surface area (TPSA) is 20.3 Å². The summed E-state index contributed by atoms with van der Waals surface area (Å²) in [5.41, 5.74) is 0. The van der Waals surface area contributed by atoms with Crippen LogP contribution in [0.4, 0.5) is 0 Å². The monoisotopic (exact) mass is 311 g/mol. The summed E-state index contributed by atoms with van der Waals surface area (Å²) in [6.07, 6.45) is 15.4. The van der Waals surface area contributed by atoms with Crippen molar-refractivity contribution in [2.45, 2.75) is 124 Å². The van der Waals surface area contributed by atoms with Gasteiger partial charge in [0, 0.05) is 18.5 Å². The quantitative estimate of drug-likeness (QED) is 0.343. The van der Waals surface area contributed by atoms with Crippen molar-refractivity contribution >= 4 is 5.91 Å². The molecular formula is C20H41NO. The van der Waals surface area contributed by atoms with Gasteiger partial charge in [-0.3, -0.25) is 4.79 Å². The van der Waals surface area contributed by atoms with Crippen molar-refractivity contribution in [3.63, 3.8) is 0 Å². The molecule has 0 aliphatic rings. The van der Waals surface area contributed by atoms with Gasteiger partial charge in [0.05, 0.1) is 0 Å². The average Bonchev–Trinajstić information content (AvgIpc) is 2.44. The number of hydrogen-bond donors (Lipinski definition) is 0. The van der Waals surface area contributed by atoms with Crippen LogP contribution in [0.2, 0.25) is 0 Å². The standard InChI is InChI=1S/C20H41NO/c1-6-7-8-9-10-11-12-13-14-15-16-17-20(22)21(18(2)3)19(4)5/h18-19H,6-17H2,1-5H3. The molecule has 0 unspecified atom stereocenters. The second-order valence-electron chi connectivity index (χ2n) is 7.27. The number of hydrogen-bond acceptors (Lipinski definition) is 1. The van der Waals surface area contributed by atoms with Gasteiger partial charge in [0.2, 0.25) is 5.91 Å². The van der Waals surface area contributed by atoms with Crippen molar-refractivity contribution in [2.75, 3.05) is 0 Å². The van der Waals surface area contributed by atoms with Gasteiger partial charge < -0.3 is 4.90 Å². The van der Waals surface area contributed by atoms with Crippen LogP contribution in [0.3, 0.4) is 0 Å². The second kappa shape index (κ2) is 14.1. The maximum atomic E-state index is 12.2. The Hall–Kier alpha value is -0.530. The number of rotatable bonds is 14. The lowest BCUT2D eigenvalue weighted by atomic mass is 10.0. The molecule has 2 nitrogen and oxygen atoms in total. The van der Waals surface area contributed by atoms with E-state index in [0.717, 1.165) is 12.8 Å². The molecule has 0 aromatic heterocycles. The molecule has 1 amide bonds. The molecular weight excluding hydrogens is 270 g/mol. The van der Waals surface area contributed by atoms with Gasteiger partial charge in [-0.25, -0.2) is 0 Å². The summed E-state index contributed by atoms with van der Waals surface area (Å²) in [5, 5.41) is 0. The highest BCUT2D eigenvalue weighted by atomic mass is 16.2. The Morgan fingerprint density at radius 3 is 1.41 bits per heavy atom. The molecule has 132 valence electrons. The summed E-state index contributed by atoms with van der Waals surface area (Å²) in [6, 6.07) is 0.639. The van der Waals surface area contributed by atoms with E-state index in [1.807, 2.05) is 4.90 Å². The molecule has 0 rings (SSSR count). The van der Waals surface area contributed by atoms with Crippen LogP contribution in [-0.2, 0) is 4.79 Å². The van der Waals surface area contributed by atoms with Gasteiger partial charge in [-0.2, -0.15) is 0 Å². The maximum absolute atomic E-state index is 12.2. The first-order chi connectivity index (χ1) is 10.5. The molecule has 0 spiro atoms. The molecule has 22 heavy (non-hydrogen) atoms. The highest BCUT2D eigenvalue weighted by Crippen LogP contribution is 2.14. The van der Waals surface area contributed by atoms with Gasteiger partial charge >= 0.3 is 0 Å². The van der Waals surface area contributed by atoms with Crippen LogP contribution in [-0.4, -0.2) is 22.9 Å². The first kappa shape index (κ1) is 21.5. The number of carbonyl (C=O) groups excluding carboxylic acids is 1. The van der Waals surface area contributed by atoms with E-state index < -0.39 is 0 Å². The van der Waals surface area contributed by atoms with E-state index in [9.17, 15) is 4.79 Å². The van der Waals surface area contributed by atoms with E-state index in [0.29, 0.717) is 18.0 Å².